The summed E-state index contributed by atoms with van der Waals surface area (Å²) in [5, 5.41) is 23.0. The molecule has 0 amide bonds. The number of fused-ring (bicyclic) bond motifs is 1. The molecule has 2 aromatic rings. The minimum absolute atomic E-state index is 0.164. The van der Waals surface area contributed by atoms with Gasteiger partial charge in [0.05, 0.1) is 6.20 Å². The summed E-state index contributed by atoms with van der Waals surface area (Å²) in [5.41, 5.74) is 0.609. The van der Waals surface area contributed by atoms with Gasteiger partial charge in [-0.3, -0.25) is 0 Å². The molecule has 13 heavy (non-hydrogen) atoms. The van der Waals surface area contributed by atoms with Crippen LogP contribution < -0.4 is 4.84 Å². The van der Waals surface area contributed by atoms with Crippen LogP contribution in [0, 0.1) is 0 Å². The monoisotopic (exact) mass is 180 g/mol. The summed E-state index contributed by atoms with van der Waals surface area (Å²) >= 11 is 0. The van der Waals surface area contributed by atoms with Crippen molar-refractivity contribution in [3.63, 3.8) is 0 Å². The summed E-state index contributed by atoms with van der Waals surface area (Å²) in [6.45, 7) is 0. The minimum Gasteiger partial charge on any atom is -0.504 e. The summed E-state index contributed by atoms with van der Waals surface area (Å²) < 4.78 is 0. The second kappa shape index (κ2) is 2.55. The van der Waals surface area contributed by atoms with Crippen LogP contribution in [0.4, 0.5) is 0 Å². The molecule has 1 aromatic heterocycles. The summed E-state index contributed by atoms with van der Waals surface area (Å²) in [6.07, 6.45) is 1.54. The van der Waals surface area contributed by atoms with Gasteiger partial charge < -0.3 is 15.1 Å². The van der Waals surface area contributed by atoms with Gasteiger partial charge in [0.1, 0.15) is 12.6 Å². The van der Waals surface area contributed by atoms with Gasteiger partial charge in [0.25, 0.3) is 0 Å². The van der Waals surface area contributed by atoms with Crippen molar-refractivity contribution < 1.29 is 15.1 Å². The average Bonchev–Trinajstić information content (AvgIpc) is 2.48. The third-order valence-electron chi connectivity index (χ3n) is 1.80. The van der Waals surface area contributed by atoms with Crippen molar-refractivity contribution in [1.29, 1.82) is 0 Å². The molecule has 0 saturated carbocycles. The number of aromatic nitrogens is 2. The molecule has 0 unspecified atom stereocenters. The first-order valence-electron chi connectivity index (χ1n) is 3.66. The lowest BCUT2D eigenvalue weighted by atomic mass is 10.2. The van der Waals surface area contributed by atoms with E-state index in [-0.39, 0.29) is 11.5 Å². The number of nitrogens with zero attached hydrogens (tertiary/aromatic N) is 2. The van der Waals surface area contributed by atoms with Crippen LogP contribution in [0.1, 0.15) is 0 Å². The topological polar surface area (TPSA) is 67.5 Å². The molecule has 0 aliphatic carbocycles. The van der Waals surface area contributed by atoms with E-state index in [9.17, 15) is 10.2 Å². The zero-order valence-corrected chi connectivity index (χ0v) is 6.93. The quantitative estimate of drug-likeness (QED) is 0.627. The van der Waals surface area contributed by atoms with Crippen molar-refractivity contribution in [2.45, 2.75) is 0 Å². The van der Waals surface area contributed by atoms with E-state index in [1.54, 1.807) is 0 Å². The molecule has 0 fully saturated rings. The molecular weight excluding hydrogens is 172 g/mol. The van der Waals surface area contributed by atoms with Gasteiger partial charge in [0, 0.05) is 11.5 Å². The second-order valence-electron chi connectivity index (χ2n) is 2.60. The zero-order chi connectivity index (χ0) is 9.42. The lowest BCUT2D eigenvalue weighted by Gasteiger charge is -2.00. The highest BCUT2D eigenvalue weighted by molar-refractivity contribution is 5.82. The van der Waals surface area contributed by atoms with E-state index in [4.69, 9.17) is 4.84 Å². The van der Waals surface area contributed by atoms with Crippen molar-refractivity contribution in [3.8, 4) is 11.5 Å². The Hall–Kier alpha value is -1.91. The number of benzene rings is 1. The number of hydrogen-bond acceptors (Lipinski definition) is 4. The number of phenolic OH excluding ortho intramolecular Hbond substituents is 2. The highest BCUT2D eigenvalue weighted by Gasteiger charge is 2.07. The maximum absolute atomic E-state index is 9.21. The van der Waals surface area contributed by atoms with E-state index in [0.29, 0.717) is 10.9 Å². The summed E-state index contributed by atoms with van der Waals surface area (Å²) in [6, 6.07) is 2.81. The van der Waals surface area contributed by atoms with Crippen LogP contribution in [0.3, 0.4) is 0 Å². The lowest BCUT2D eigenvalue weighted by Crippen LogP contribution is -2.06. The third kappa shape index (κ3) is 1.05. The van der Waals surface area contributed by atoms with Gasteiger partial charge >= 0.3 is 0 Å². The van der Waals surface area contributed by atoms with E-state index in [0.717, 1.165) is 0 Å². The molecule has 68 valence electrons. The fourth-order valence-electron chi connectivity index (χ4n) is 1.17. The van der Waals surface area contributed by atoms with Crippen LogP contribution in [-0.2, 0) is 0 Å². The van der Waals surface area contributed by atoms with Crippen LogP contribution in [0.25, 0.3) is 10.9 Å². The Labute approximate surface area is 73.7 Å². The maximum atomic E-state index is 9.21. The fraction of sp³-hybridized carbons (Fsp3) is 0.125. The van der Waals surface area contributed by atoms with Gasteiger partial charge in [0.15, 0.2) is 11.5 Å². The van der Waals surface area contributed by atoms with Crippen molar-refractivity contribution in [1.82, 2.24) is 9.94 Å². The number of rotatable bonds is 1. The van der Waals surface area contributed by atoms with Crippen molar-refractivity contribution >= 4 is 10.9 Å². The van der Waals surface area contributed by atoms with Gasteiger partial charge in [-0.05, 0) is 6.07 Å². The molecule has 0 saturated heterocycles. The zero-order valence-electron chi connectivity index (χ0n) is 6.93. The molecule has 5 nitrogen and oxygen atoms in total. The van der Waals surface area contributed by atoms with Crippen molar-refractivity contribution in [2.75, 3.05) is 7.11 Å². The number of hydrogen-bond donors (Lipinski definition) is 2. The molecular formula is C8H8N2O3. The maximum Gasteiger partial charge on any atom is 0.159 e. The lowest BCUT2D eigenvalue weighted by molar-refractivity contribution is 0.145. The average molecular weight is 180 g/mol. The molecule has 1 heterocycles. The molecule has 0 aliphatic heterocycles. The van der Waals surface area contributed by atoms with Gasteiger partial charge in [-0.15, -0.1) is 5.10 Å². The molecule has 5 heteroatoms. The molecule has 0 aliphatic rings. The van der Waals surface area contributed by atoms with E-state index >= 15 is 0 Å². The fourth-order valence-corrected chi connectivity index (χ4v) is 1.17. The van der Waals surface area contributed by atoms with Gasteiger partial charge in [-0.1, -0.05) is 4.85 Å². The smallest absolute Gasteiger partial charge is 0.159 e. The highest BCUT2D eigenvalue weighted by atomic mass is 16.7. The van der Waals surface area contributed by atoms with Crippen LogP contribution in [0.15, 0.2) is 18.3 Å². The molecule has 0 radical (unpaired) electrons. The highest BCUT2D eigenvalue weighted by Crippen LogP contribution is 2.29. The van der Waals surface area contributed by atoms with Gasteiger partial charge in [-0.25, -0.2) is 0 Å². The Balaban J connectivity index is 2.77. The van der Waals surface area contributed by atoms with Crippen molar-refractivity contribution in [3.05, 3.63) is 18.3 Å². The van der Waals surface area contributed by atoms with E-state index in [1.165, 1.54) is 30.3 Å². The molecule has 0 atom stereocenters. The van der Waals surface area contributed by atoms with Crippen LogP contribution >= 0.6 is 0 Å². The van der Waals surface area contributed by atoms with E-state index < -0.39 is 0 Å². The predicted octanol–water partition coefficient (Wildman–Crippen LogP) is 0.506. The Kier molecular flexibility index (Phi) is 1.51. The first-order chi connectivity index (χ1) is 6.22. The summed E-state index contributed by atoms with van der Waals surface area (Å²) in [7, 11) is 1.47. The van der Waals surface area contributed by atoms with E-state index in [2.05, 4.69) is 5.10 Å². The predicted molar refractivity (Wildman–Crippen MR) is 45.6 cm³/mol. The van der Waals surface area contributed by atoms with E-state index in [1.807, 2.05) is 0 Å². The molecule has 1 aromatic carbocycles. The Bertz CT molecular complexity index is 450. The summed E-state index contributed by atoms with van der Waals surface area (Å²) in [5.74, 6) is -0.352. The Morgan fingerprint density at radius 2 is 2.00 bits per heavy atom. The Morgan fingerprint density at radius 3 is 2.69 bits per heavy atom. The minimum atomic E-state index is -0.189. The van der Waals surface area contributed by atoms with Crippen LogP contribution in [0.2, 0.25) is 0 Å². The molecule has 2 rings (SSSR count). The molecule has 2 N–H and O–H groups in total. The first kappa shape index (κ1) is 7.72. The third-order valence-corrected chi connectivity index (χ3v) is 1.80. The number of aromatic hydroxyl groups is 2. The van der Waals surface area contributed by atoms with Crippen LogP contribution in [0.5, 0.6) is 11.5 Å². The largest absolute Gasteiger partial charge is 0.504 e. The second-order valence-corrected chi connectivity index (χ2v) is 2.60. The van der Waals surface area contributed by atoms with Crippen LogP contribution in [-0.4, -0.2) is 27.3 Å². The van der Waals surface area contributed by atoms with Gasteiger partial charge in [0.2, 0.25) is 0 Å². The normalized spacial score (nSPS) is 10.5. The standard InChI is InChI=1S/C8H8N2O3/c1-13-10-6-3-8(12)7(11)2-5(6)4-9-10/h2-4,11-12H,1H3. The molecule has 0 bridgehead atoms. The SMILES string of the molecule is COn1ncc2cc(O)c(O)cc21. The molecule has 0 spiro atoms. The first-order valence-corrected chi connectivity index (χ1v) is 3.66. The number of phenols is 2. The Morgan fingerprint density at radius 1 is 1.31 bits per heavy atom. The van der Waals surface area contributed by atoms with Crippen molar-refractivity contribution in [2.24, 2.45) is 0 Å². The van der Waals surface area contributed by atoms with Gasteiger partial charge in [-0.2, -0.15) is 0 Å². The summed E-state index contributed by atoms with van der Waals surface area (Å²) in [4.78, 5) is 6.13.